The highest BCUT2D eigenvalue weighted by Gasteiger charge is 2.41. The second-order valence-corrected chi connectivity index (χ2v) is 5.98. The minimum atomic E-state index is -1.20. The zero-order valence-electron chi connectivity index (χ0n) is 13.3. The molecule has 130 valence electrons. The molecule has 0 saturated carbocycles. The molecule has 2 N–H and O–H groups in total. The van der Waals surface area contributed by atoms with Crippen molar-refractivity contribution in [1.82, 2.24) is 5.32 Å². The lowest BCUT2D eigenvalue weighted by molar-refractivity contribution is -0.130. The van der Waals surface area contributed by atoms with Crippen LogP contribution in [0.15, 0.2) is 36.4 Å². The Morgan fingerprint density at radius 1 is 1.20 bits per heavy atom. The Kier molecular flexibility index (Phi) is 4.48. The third kappa shape index (κ3) is 3.35. The van der Waals surface area contributed by atoms with E-state index >= 15 is 0 Å². The van der Waals surface area contributed by atoms with Crippen LogP contribution in [0.2, 0.25) is 0 Å². The van der Waals surface area contributed by atoms with Crippen LogP contribution in [0, 0.1) is 30.3 Å². The van der Waals surface area contributed by atoms with Crippen LogP contribution in [-0.4, -0.2) is 18.4 Å². The fraction of sp³-hybridized carbons (Fsp3) is 0.222. The second kappa shape index (κ2) is 6.58. The Balaban J connectivity index is 1.89. The van der Waals surface area contributed by atoms with Gasteiger partial charge in [-0.2, -0.15) is 0 Å². The molecule has 0 bridgehead atoms. The molecule has 3 rings (SSSR count). The maximum absolute atomic E-state index is 13.7. The number of benzene rings is 2. The highest BCUT2D eigenvalue weighted by Crippen LogP contribution is 2.31. The van der Waals surface area contributed by atoms with Crippen LogP contribution >= 0.6 is 0 Å². The molecule has 1 fully saturated rings. The van der Waals surface area contributed by atoms with E-state index in [0.29, 0.717) is 11.1 Å². The van der Waals surface area contributed by atoms with Crippen molar-refractivity contribution in [2.75, 3.05) is 11.9 Å². The van der Waals surface area contributed by atoms with Gasteiger partial charge in [0.1, 0.15) is 11.7 Å². The van der Waals surface area contributed by atoms with Crippen LogP contribution < -0.4 is 10.6 Å². The van der Waals surface area contributed by atoms with Crippen LogP contribution in [0.25, 0.3) is 0 Å². The molecule has 25 heavy (non-hydrogen) atoms. The molecule has 1 saturated heterocycles. The van der Waals surface area contributed by atoms with Crippen molar-refractivity contribution >= 4 is 17.5 Å². The van der Waals surface area contributed by atoms with Gasteiger partial charge in [0.2, 0.25) is 11.8 Å². The second-order valence-electron chi connectivity index (χ2n) is 5.98. The first-order valence-corrected chi connectivity index (χ1v) is 7.66. The normalized spacial score (nSPS) is 19.6. The number of rotatable bonds is 3. The van der Waals surface area contributed by atoms with E-state index in [1.54, 1.807) is 13.0 Å². The third-order valence-electron chi connectivity index (χ3n) is 4.17. The molecule has 1 aliphatic heterocycles. The first-order valence-electron chi connectivity index (χ1n) is 7.66. The summed E-state index contributed by atoms with van der Waals surface area (Å²) in [6.07, 6.45) is 0. The van der Waals surface area contributed by atoms with Crippen molar-refractivity contribution in [2.24, 2.45) is 5.92 Å². The average molecular weight is 348 g/mol. The predicted octanol–water partition coefficient (Wildman–Crippen LogP) is 2.88. The molecule has 4 nitrogen and oxygen atoms in total. The molecule has 0 radical (unpaired) electrons. The van der Waals surface area contributed by atoms with E-state index in [4.69, 9.17) is 0 Å². The van der Waals surface area contributed by atoms with Gasteiger partial charge < -0.3 is 10.6 Å². The van der Waals surface area contributed by atoms with Gasteiger partial charge in [-0.1, -0.05) is 12.1 Å². The number of carbonyl (C=O) groups excluding carboxylic acids is 2. The maximum atomic E-state index is 13.7. The molecular formula is C18H15F3N2O2. The number of nitrogens with one attached hydrogen (secondary N) is 2. The molecule has 0 aliphatic carbocycles. The van der Waals surface area contributed by atoms with E-state index in [9.17, 15) is 22.8 Å². The van der Waals surface area contributed by atoms with Gasteiger partial charge in [0, 0.05) is 12.5 Å². The molecule has 2 aromatic rings. The largest absolute Gasteiger partial charge is 0.355 e. The van der Waals surface area contributed by atoms with Gasteiger partial charge in [-0.25, -0.2) is 13.2 Å². The summed E-state index contributed by atoms with van der Waals surface area (Å²) in [5.41, 5.74) is 0.805. The van der Waals surface area contributed by atoms with E-state index < -0.39 is 41.1 Å². The van der Waals surface area contributed by atoms with Crippen molar-refractivity contribution in [3.05, 3.63) is 65.0 Å². The topological polar surface area (TPSA) is 58.2 Å². The standard InChI is InChI=1S/C18H15F3N2O2/c1-9-5-10(7-11(19)6-9)12-8-22-17(24)15(12)18(25)23-14-4-2-3-13(20)16(14)21/h2-7,12,15H,8H2,1H3,(H,22,24)(H,23,25)/t12-,15-/m1/s1. The summed E-state index contributed by atoms with van der Waals surface area (Å²) < 4.78 is 40.7. The summed E-state index contributed by atoms with van der Waals surface area (Å²) in [6.45, 7) is 1.86. The summed E-state index contributed by atoms with van der Waals surface area (Å²) in [6, 6.07) is 7.66. The quantitative estimate of drug-likeness (QED) is 0.838. The Morgan fingerprint density at radius 2 is 1.96 bits per heavy atom. The van der Waals surface area contributed by atoms with E-state index in [2.05, 4.69) is 10.6 Å². The molecule has 0 spiro atoms. The molecule has 1 aliphatic rings. The van der Waals surface area contributed by atoms with Crippen molar-refractivity contribution in [3.8, 4) is 0 Å². The molecule has 0 aromatic heterocycles. The van der Waals surface area contributed by atoms with Gasteiger partial charge in [0.25, 0.3) is 0 Å². The molecule has 2 atom stereocenters. The Morgan fingerprint density at radius 3 is 2.68 bits per heavy atom. The molecule has 1 heterocycles. The van der Waals surface area contributed by atoms with Crippen molar-refractivity contribution in [3.63, 3.8) is 0 Å². The van der Waals surface area contributed by atoms with Gasteiger partial charge in [0.05, 0.1) is 5.69 Å². The Labute approximate surface area is 142 Å². The van der Waals surface area contributed by atoms with Gasteiger partial charge in [-0.3, -0.25) is 9.59 Å². The Hall–Kier alpha value is -2.83. The highest BCUT2D eigenvalue weighted by molar-refractivity contribution is 6.08. The summed E-state index contributed by atoms with van der Waals surface area (Å²) >= 11 is 0. The fourth-order valence-corrected chi connectivity index (χ4v) is 3.02. The molecule has 2 aromatic carbocycles. The number of amides is 2. The summed E-state index contributed by atoms with van der Waals surface area (Å²) in [5, 5.41) is 4.80. The van der Waals surface area contributed by atoms with E-state index in [-0.39, 0.29) is 12.2 Å². The van der Waals surface area contributed by atoms with Crippen LogP contribution in [-0.2, 0) is 9.59 Å². The summed E-state index contributed by atoms with van der Waals surface area (Å²) in [5.74, 6) is -5.85. The van der Waals surface area contributed by atoms with E-state index in [0.717, 1.165) is 6.07 Å². The number of carbonyl (C=O) groups is 2. The van der Waals surface area contributed by atoms with Crippen molar-refractivity contribution in [2.45, 2.75) is 12.8 Å². The smallest absolute Gasteiger partial charge is 0.237 e. The first kappa shape index (κ1) is 17.0. The lowest BCUT2D eigenvalue weighted by Gasteiger charge is -2.18. The molecule has 2 amide bonds. The van der Waals surface area contributed by atoms with Crippen molar-refractivity contribution < 1.29 is 22.8 Å². The summed E-state index contributed by atoms with van der Waals surface area (Å²) in [4.78, 5) is 24.6. The number of hydrogen-bond acceptors (Lipinski definition) is 2. The zero-order chi connectivity index (χ0) is 18.1. The van der Waals surface area contributed by atoms with E-state index in [1.165, 1.54) is 24.3 Å². The molecule has 7 heteroatoms. The fourth-order valence-electron chi connectivity index (χ4n) is 3.02. The highest BCUT2D eigenvalue weighted by atomic mass is 19.2. The number of hydrogen-bond donors (Lipinski definition) is 2. The van der Waals surface area contributed by atoms with E-state index in [1.807, 2.05) is 0 Å². The lowest BCUT2D eigenvalue weighted by atomic mass is 9.87. The minimum Gasteiger partial charge on any atom is -0.355 e. The van der Waals surface area contributed by atoms with Gasteiger partial charge in [0.15, 0.2) is 11.6 Å². The number of aryl methyl sites for hydroxylation is 1. The zero-order valence-corrected chi connectivity index (χ0v) is 13.3. The predicted molar refractivity (Wildman–Crippen MR) is 85.4 cm³/mol. The molecular weight excluding hydrogens is 333 g/mol. The third-order valence-corrected chi connectivity index (χ3v) is 4.17. The van der Waals surface area contributed by atoms with Crippen LogP contribution in [0.3, 0.4) is 0 Å². The van der Waals surface area contributed by atoms with Gasteiger partial charge in [-0.15, -0.1) is 0 Å². The molecule has 0 unspecified atom stereocenters. The SMILES string of the molecule is Cc1cc(F)cc([C@H]2CNC(=O)[C@@H]2C(=O)Nc2cccc(F)c2F)c1. The van der Waals surface area contributed by atoms with Crippen LogP contribution in [0.1, 0.15) is 17.0 Å². The monoisotopic (exact) mass is 348 g/mol. The number of halogens is 3. The van der Waals surface area contributed by atoms with Crippen LogP contribution in [0.5, 0.6) is 0 Å². The van der Waals surface area contributed by atoms with Crippen LogP contribution in [0.4, 0.5) is 18.9 Å². The average Bonchev–Trinajstić information content (AvgIpc) is 2.92. The number of anilines is 1. The summed E-state index contributed by atoms with van der Waals surface area (Å²) in [7, 11) is 0. The van der Waals surface area contributed by atoms with Gasteiger partial charge in [-0.05, 0) is 42.3 Å². The van der Waals surface area contributed by atoms with Crippen molar-refractivity contribution in [1.29, 1.82) is 0 Å². The minimum absolute atomic E-state index is 0.158. The Bertz CT molecular complexity index is 834. The maximum Gasteiger partial charge on any atom is 0.237 e. The van der Waals surface area contributed by atoms with Gasteiger partial charge >= 0.3 is 0 Å². The lowest BCUT2D eigenvalue weighted by Crippen LogP contribution is -2.32. The first-order chi connectivity index (χ1) is 11.9.